The zero-order valence-corrected chi connectivity index (χ0v) is 15.8. The second-order valence-electron chi connectivity index (χ2n) is 6.31. The van der Waals surface area contributed by atoms with Gasteiger partial charge in [-0.1, -0.05) is 57.2 Å². The highest BCUT2D eigenvalue weighted by atomic mass is 16.5. The van der Waals surface area contributed by atoms with Gasteiger partial charge in [0.05, 0.1) is 0 Å². The molecule has 0 heterocycles. The summed E-state index contributed by atoms with van der Waals surface area (Å²) in [4.78, 5) is 12.6. The number of hydrogen-bond donors (Lipinski definition) is 1. The van der Waals surface area contributed by atoms with Gasteiger partial charge in [0.15, 0.2) is 6.10 Å². The zero-order valence-electron chi connectivity index (χ0n) is 15.8. The summed E-state index contributed by atoms with van der Waals surface area (Å²) in [5.74, 6) is 0.710. The van der Waals surface area contributed by atoms with Gasteiger partial charge < -0.3 is 10.1 Å². The van der Waals surface area contributed by atoms with E-state index in [9.17, 15) is 4.79 Å². The van der Waals surface area contributed by atoms with Gasteiger partial charge >= 0.3 is 0 Å². The number of amides is 1. The molecule has 2 aromatic rings. The van der Waals surface area contributed by atoms with Gasteiger partial charge in [0, 0.05) is 6.54 Å². The summed E-state index contributed by atoms with van der Waals surface area (Å²) in [6, 6.07) is 14.3. The van der Waals surface area contributed by atoms with E-state index in [0.29, 0.717) is 13.0 Å². The minimum Gasteiger partial charge on any atom is -0.480 e. The fourth-order valence-corrected chi connectivity index (χ4v) is 2.87. The SMILES string of the molecule is CCc1ccc(CC)c(CNC(=O)C(CC)Oc2ccccc2C)c1. The first-order chi connectivity index (χ1) is 12.1. The Bertz CT molecular complexity index is 709. The number of hydrogen-bond acceptors (Lipinski definition) is 2. The molecule has 0 spiro atoms. The quantitative estimate of drug-likeness (QED) is 0.763. The summed E-state index contributed by atoms with van der Waals surface area (Å²) in [6.45, 7) is 8.79. The summed E-state index contributed by atoms with van der Waals surface area (Å²) in [7, 11) is 0. The van der Waals surface area contributed by atoms with Crippen LogP contribution in [0.5, 0.6) is 5.75 Å². The van der Waals surface area contributed by atoms with E-state index in [1.165, 1.54) is 16.7 Å². The maximum absolute atomic E-state index is 12.6. The van der Waals surface area contributed by atoms with Crippen LogP contribution in [-0.2, 0) is 24.2 Å². The van der Waals surface area contributed by atoms with Crippen LogP contribution in [0.4, 0.5) is 0 Å². The molecule has 0 aliphatic heterocycles. The first-order valence-electron chi connectivity index (χ1n) is 9.19. The Hall–Kier alpha value is -2.29. The molecule has 0 radical (unpaired) electrons. The molecule has 1 amide bonds. The minimum atomic E-state index is -0.472. The fraction of sp³-hybridized carbons (Fsp3) is 0.409. The van der Waals surface area contributed by atoms with Crippen LogP contribution in [0.1, 0.15) is 49.4 Å². The van der Waals surface area contributed by atoms with Crippen molar-refractivity contribution in [3.63, 3.8) is 0 Å². The number of para-hydroxylation sites is 1. The van der Waals surface area contributed by atoms with Crippen LogP contribution in [0.3, 0.4) is 0 Å². The van der Waals surface area contributed by atoms with Crippen molar-refractivity contribution in [1.82, 2.24) is 5.32 Å². The van der Waals surface area contributed by atoms with E-state index in [1.54, 1.807) is 0 Å². The van der Waals surface area contributed by atoms with Crippen LogP contribution in [0.25, 0.3) is 0 Å². The van der Waals surface area contributed by atoms with Gasteiger partial charge in [0.2, 0.25) is 0 Å². The molecule has 134 valence electrons. The third kappa shape index (κ3) is 5.09. The van der Waals surface area contributed by atoms with Crippen LogP contribution >= 0.6 is 0 Å². The van der Waals surface area contributed by atoms with E-state index < -0.39 is 6.10 Å². The zero-order chi connectivity index (χ0) is 18.2. The second-order valence-corrected chi connectivity index (χ2v) is 6.31. The van der Waals surface area contributed by atoms with E-state index in [-0.39, 0.29) is 5.91 Å². The van der Waals surface area contributed by atoms with Crippen LogP contribution in [0.2, 0.25) is 0 Å². The maximum atomic E-state index is 12.6. The first-order valence-corrected chi connectivity index (χ1v) is 9.19. The predicted molar refractivity (Wildman–Crippen MR) is 103 cm³/mol. The largest absolute Gasteiger partial charge is 0.480 e. The molecule has 0 fully saturated rings. The summed E-state index contributed by atoms with van der Waals surface area (Å²) >= 11 is 0. The van der Waals surface area contributed by atoms with Crippen molar-refractivity contribution in [3.05, 3.63) is 64.7 Å². The van der Waals surface area contributed by atoms with Crippen molar-refractivity contribution in [2.75, 3.05) is 0 Å². The molecule has 0 bridgehead atoms. The Morgan fingerprint density at radius 1 is 1.04 bits per heavy atom. The van der Waals surface area contributed by atoms with Gasteiger partial charge in [-0.2, -0.15) is 0 Å². The number of ether oxygens (including phenoxy) is 1. The van der Waals surface area contributed by atoms with Gasteiger partial charge in [-0.25, -0.2) is 0 Å². The molecule has 2 rings (SSSR count). The van der Waals surface area contributed by atoms with Crippen LogP contribution in [0, 0.1) is 6.92 Å². The van der Waals surface area contributed by atoms with Crippen molar-refractivity contribution >= 4 is 5.91 Å². The fourth-order valence-electron chi connectivity index (χ4n) is 2.87. The van der Waals surface area contributed by atoms with Crippen molar-refractivity contribution in [1.29, 1.82) is 0 Å². The number of benzene rings is 2. The summed E-state index contributed by atoms with van der Waals surface area (Å²) in [5.41, 5.74) is 4.81. The lowest BCUT2D eigenvalue weighted by molar-refractivity contribution is -0.128. The molecule has 1 atom stereocenters. The van der Waals surface area contributed by atoms with Crippen molar-refractivity contribution in [2.24, 2.45) is 0 Å². The average molecular weight is 339 g/mol. The molecule has 25 heavy (non-hydrogen) atoms. The number of carbonyl (C=O) groups is 1. The standard InChI is InChI=1S/C22H29NO2/c1-5-17-12-13-18(6-2)19(14-17)15-23-22(24)20(7-3)25-21-11-9-8-10-16(21)4/h8-14,20H,5-7,15H2,1-4H3,(H,23,24). The monoisotopic (exact) mass is 339 g/mol. The Kier molecular flexibility index (Phi) is 7.05. The molecule has 0 saturated carbocycles. The van der Waals surface area contributed by atoms with Gasteiger partial charge in [0.25, 0.3) is 5.91 Å². The van der Waals surface area contributed by atoms with E-state index in [2.05, 4.69) is 37.4 Å². The number of nitrogens with one attached hydrogen (secondary N) is 1. The molecule has 0 aromatic heterocycles. The first kappa shape index (κ1) is 19.0. The number of rotatable bonds is 8. The molecule has 3 nitrogen and oxygen atoms in total. The molecule has 0 aliphatic carbocycles. The molecule has 0 saturated heterocycles. The highest BCUT2D eigenvalue weighted by Crippen LogP contribution is 2.19. The normalized spacial score (nSPS) is 11.8. The van der Waals surface area contributed by atoms with E-state index in [0.717, 1.165) is 24.2 Å². The Balaban J connectivity index is 2.04. The van der Waals surface area contributed by atoms with E-state index in [1.807, 2.05) is 38.1 Å². The Morgan fingerprint density at radius 3 is 2.44 bits per heavy atom. The highest BCUT2D eigenvalue weighted by Gasteiger charge is 2.19. The lowest BCUT2D eigenvalue weighted by Gasteiger charge is -2.19. The van der Waals surface area contributed by atoms with E-state index >= 15 is 0 Å². The molecule has 2 aromatic carbocycles. The molecule has 3 heteroatoms. The third-order valence-corrected chi connectivity index (χ3v) is 4.54. The third-order valence-electron chi connectivity index (χ3n) is 4.54. The predicted octanol–water partition coefficient (Wildman–Crippen LogP) is 4.59. The van der Waals surface area contributed by atoms with E-state index in [4.69, 9.17) is 4.74 Å². The maximum Gasteiger partial charge on any atom is 0.261 e. The Morgan fingerprint density at radius 2 is 1.80 bits per heavy atom. The van der Waals surface area contributed by atoms with Crippen LogP contribution < -0.4 is 10.1 Å². The lowest BCUT2D eigenvalue weighted by Crippen LogP contribution is -2.37. The van der Waals surface area contributed by atoms with Gasteiger partial charge in [-0.3, -0.25) is 4.79 Å². The van der Waals surface area contributed by atoms with Crippen molar-refractivity contribution in [2.45, 2.75) is 59.6 Å². The summed E-state index contributed by atoms with van der Waals surface area (Å²) in [6.07, 6.45) is 2.13. The topological polar surface area (TPSA) is 38.3 Å². The molecule has 1 N–H and O–H groups in total. The summed E-state index contributed by atoms with van der Waals surface area (Å²) in [5, 5.41) is 3.05. The average Bonchev–Trinajstić information content (AvgIpc) is 2.65. The Labute approximate surface area is 151 Å². The minimum absolute atomic E-state index is 0.0605. The van der Waals surface area contributed by atoms with Crippen LogP contribution in [0.15, 0.2) is 42.5 Å². The molecule has 0 aliphatic rings. The van der Waals surface area contributed by atoms with Crippen LogP contribution in [-0.4, -0.2) is 12.0 Å². The smallest absolute Gasteiger partial charge is 0.261 e. The van der Waals surface area contributed by atoms with Crippen molar-refractivity contribution < 1.29 is 9.53 Å². The van der Waals surface area contributed by atoms with Gasteiger partial charge in [0.1, 0.15) is 5.75 Å². The number of carbonyl (C=O) groups excluding carboxylic acids is 1. The molecular formula is C22H29NO2. The lowest BCUT2D eigenvalue weighted by atomic mass is 10.0. The van der Waals surface area contributed by atoms with Crippen molar-refractivity contribution in [3.8, 4) is 5.75 Å². The molecular weight excluding hydrogens is 310 g/mol. The van der Waals surface area contributed by atoms with Gasteiger partial charge in [-0.05, 0) is 54.5 Å². The summed E-state index contributed by atoms with van der Waals surface area (Å²) < 4.78 is 5.93. The van der Waals surface area contributed by atoms with Gasteiger partial charge in [-0.15, -0.1) is 0 Å². The second kappa shape index (κ2) is 9.26. The number of aryl methyl sites for hydroxylation is 3. The molecule has 1 unspecified atom stereocenters. The highest BCUT2D eigenvalue weighted by molar-refractivity contribution is 5.81.